The number of urea groups is 1. The summed E-state index contributed by atoms with van der Waals surface area (Å²) < 4.78 is 7.46. The lowest BCUT2D eigenvalue weighted by Crippen LogP contribution is -2.54. The second-order valence-electron chi connectivity index (χ2n) is 7.00. The van der Waals surface area contributed by atoms with Gasteiger partial charge in [-0.3, -0.25) is 14.9 Å². The van der Waals surface area contributed by atoms with Gasteiger partial charge in [0.2, 0.25) is 0 Å². The maximum atomic E-state index is 13.0. The molecule has 0 unspecified atom stereocenters. The number of nitrogens with one attached hydrogen (secondary N) is 1. The highest BCUT2D eigenvalue weighted by atomic mass is 127. The van der Waals surface area contributed by atoms with Crippen molar-refractivity contribution in [2.45, 2.75) is 6.61 Å². The molecule has 1 heterocycles. The number of hydrogen-bond donors (Lipinski definition) is 1. The first kappa shape index (κ1) is 23.5. The number of carbonyl (C=O) groups excluding carboxylic acids is 3. The molecule has 0 spiro atoms. The van der Waals surface area contributed by atoms with Crippen molar-refractivity contribution in [3.05, 3.63) is 96.5 Å². The highest BCUT2D eigenvalue weighted by Crippen LogP contribution is 2.27. The van der Waals surface area contributed by atoms with Gasteiger partial charge in [0, 0.05) is 15.1 Å². The van der Waals surface area contributed by atoms with Crippen LogP contribution >= 0.6 is 50.1 Å². The molecule has 1 aliphatic rings. The molecule has 3 aromatic rings. The van der Waals surface area contributed by atoms with Gasteiger partial charge in [-0.15, -0.1) is 0 Å². The molecule has 0 saturated carbocycles. The van der Waals surface area contributed by atoms with E-state index < -0.39 is 17.8 Å². The summed E-state index contributed by atoms with van der Waals surface area (Å²) in [5, 5.41) is 2.85. The topological polar surface area (TPSA) is 75.7 Å². The van der Waals surface area contributed by atoms with Crippen LogP contribution in [0.3, 0.4) is 0 Å². The van der Waals surface area contributed by atoms with Gasteiger partial charge >= 0.3 is 6.03 Å². The maximum Gasteiger partial charge on any atom is 0.335 e. The standard InChI is InChI=1S/C24H15BrClIN2O4/c25-16-6-8-17(9-7-16)29-23(31)18(22(30)28-24(29)32)11-14-5-10-21(20(27)12-14)33-13-15-3-1-2-4-19(15)26/h1-12H,13H2,(H,28,30,32)/b18-11+. The number of amides is 4. The van der Waals surface area contributed by atoms with Gasteiger partial charge in [0.25, 0.3) is 11.8 Å². The Morgan fingerprint density at radius 1 is 1.03 bits per heavy atom. The van der Waals surface area contributed by atoms with Crippen LogP contribution in [0.2, 0.25) is 5.02 Å². The van der Waals surface area contributed by atoms with E-state index in [9.17, 15) is 14.4 Å². The molecule has 1 N–H and O–H groups in total. The van der Waals surface area contributed by atoms with Crippen LogP contribution in [0.5, 0.6) is 5.75 Å². The predicted octanol–water partition coefficient (Wildman–Crippen LogP) is 5.95. The van der Waals surface area contributed by atoms with Crippen LogP contribution in [0.1, 0.15) is 11.1 Å². The second kappa shape index (κ2) is 10.1. The SMILES string of the molecule is O=C1NC(=O)N(c2ccc(Br)cc2)C(=O)/C1=C/c1ccc(OCc2ccccc2Cl)c(I)c1. The highest BCUT2D eigenvalue weighted by molar-refractivity contribution is 14.1. The van der Waals surface area contributed by atoms with Crippen LogP contribution in [-0.2, 0) is 16.2 Å². The van der Waals surface area contributed by atoms with Crippen molar-refractivity contribution >= 4 is 79.7 Å². The van der Waals surface area contributed by atoms with E-state index in [1.54, 1.807) is 48.5 Å². The number of rotatable bonds is 5. The molecule has 9 heteroatoms. The first-order valence-electron chi connectivity index (χ1n) is 9.66. The van der Waals surface area contributed by atoms with Gasteiger partial charge in [0.05, 0.1) is 9.26 Å². The van der Waals surface area contributed by atoms with Crippen molar-refractivity contribution < 1.29 is 19.1 Å². The Kier molecular flexibility index (Phi) is 7.16. The molecule has 4 rings (SSSR count). The lowest BCUT2D eigenvalue weighted by Gasteiger charge is -2.26. The van der Waals surface area contributed by atoms with E-state index >= 15 is 0 Å². The molecule has 1 fully saturated rings. The van der Waals surface area contributed by atoms with Crippen molar-refractivity contribution in [1.29, 1.82) is 0 Å². The molecule has 33 heavy (non-hydrogen) atoms. The lowest BCUT2D eigenvalue weighted by atomic mass is 10.1. The Balaban J connectivity index is 1.57. The van der Waals surface area contributed by atoms with E-state index in [4.69, 9.17) is 16.3 Å². The van der Waals surface area contributed by atoms with Crippen molar-refractivity contribution in [3.63, 3.8) is 0 Å². The Bertz CT molecular complexity index is 1290. The number of carbonyl (C=O) groups is 3. The summed E-state index contributed by atoms with van der Waals surface area (Å²) in [5.74, 6) is -0.795. The van der Waals surface area contributed by atoms with E-state index in [1.807, 2.05) is 18.2 Å². The van der Waals surface area contributed by atoms with E-state index in [1.165, 1.54) is 6.08 Å². The van der Waals surface area contributed by atoms with E-state index in [2.05, 4.69) is 43.8 Å². The molecular weight excluding hydrogens is 623 g/mol. The van der Waals surface area contributed by atoms with Gasteiger partial charge < -0.3 is 4.74 Å². The first-order chi connectivity index (χ1) is 15.8. The minimum absolute atomic E-state index is 0.141. The summed E-state index contributed by atoms with van der Waals surface area (Å²) in [7, 11) is 0. The Morgan fingerprint density at radius 3 is 2.45 bits per heavy atom. The number of ether oxygens (including phenoxy) is 1. The summed E-state index contributed by atoms with van der Waals surface area (Å²) in [6.45, 7) is 0.307. The van der Waals surface area contributed by atoms with Gasteiger partial charge in [-0.1, -0.05) is 51.8 Å². The molecule has 3 aromatic carbocycles. The zero-order valence-electron chi connectivity index (χ0n) is 16.8. The Morgan fingerprint density at radius 2 is 1.76 bits per heavy atom. The molecule has 0 bridgehead atoms. The normalized spacial score (nSPS) is 15.1. The van der Waals surface area contributed by atoms with Gasteiger partial charge in [0.1, 0.15) is 17.9 Å². The summed E-state index contributed by atoms with van der Waals surface area (Å²) in [4.78, 5) is 38.7. The number of hydrogen-bond acceptors (Lipinski definition) is 4. The number of anilines is 1. The summed E-state index contributed by atoms with van der Waals surface area (Å²) in [6.07, 6.45) is 1.45. The minimum atomic E-state index is -0.789. The first-order valence-corrected chi connectivity index (χ1v) is 11.9. The molecule has 1 aliphatic heterocycles. The average Bonchev–Trinajstić information content (AvgIpc) is 2.78. The third-order valence-electron chi connectivity index (χ3n) is 4.79. The lowest BCUT2D eigenvalue weighted by molar-refractivity contribution is -0.122. The summed E-state index contributed by atoms with van der Waals surface area (Å²) in [5.41, 5.74) is 1.70. The highest BCUT2D eigenvalue weighted by Gasteiger charge is 2.36. The largest absolute Gasteiger partial charge is 0.488 e. The number of imide groups is 2. The van der Waals surface area contributed by atoms with Crippen LogP contribution in [0, 0.1) is 3.57 Å². The number of nitrogens with zero attached hydrogens (tertiary/aromatic N) is 1. The van der Waals surface area contributed by atoms with Gasteiger partial charge in [0.15, 0.2) is 0 Å². The predicted molar refractivity (Wildman–Crippen MR) is 138 cm³/mol. The minimum Gasteiger partial charge on any atom is -0.488 e. The van der Waals surface area contributed by atoms with Gasteiger partial charge in [-0.2, -0.15) is 0 Å². The van der Waals surface area contributed by atoms with Crippen molar-refractivity contribution in [3.8, 4) is 5.75 Å². The number of halogens is 3. The van der Waals surface area contributed by atoms with Gasteiger partial charge in [-0.05, 0) is 76.7 Å². The summed E-state index contributed by atoms with van der Waals surface area (Å²) in [6, 6.07) is 18.6. The third kappa shape index (κ3) is 5.29. The smallest absolute Gasteiger partial charge is 0.335 e. The van der Waals surface area contributed by atoms with Crippen LogP contribution in [0.4, 0.5) is 10.5 Å². The molecule has 0 aliphatic carbocycles. The van der Waals surface area contributed by atoms with Crippen LogP contribution in [-0.4, -0.2) is 17.8 Å². The zero-order chi connectivity index (χ0) is 23.5. The Hall–Kier alpha value is -2.69. The molecule has 0 aromatic heterocycles. The molecular formula is C24H15BrClIN2O4. The van der Waals surface area contributed by atoms with Crippen LogP contribution < -0.4 is 15.0 Å². The monoisotopic (exact) mass is 636 g/mol. The molecule has 1 saturated heterocycles. The van der Waals surface area contributed by atoms with Crippen molar-refractivity contribution in [2.24, 2.45) is 0 Å². The van der Waals surface area contributed by atoms with Crippen LogP contribution in [0.15, 0.2) is 76.8 Å². The molecule has 0 atom stereocenters. The third-order valence-corrected chi connectivity index (χ3v) is 6.53. The van der Waals surface area contributed by atoms with E-state index in [0.29, 0.717) is 28.6 Å². The molecule has 4 amide bonds. The number of barbiturate groups is 1. The molecule has 166 valence electrons. The van der Waals surface area contributed by atoms with E-state index in [-0.39, 0.29) is 5.57 Å². The fraction of sp³-hybridized carbons (Fsp3) is 0.0417. The maximum absolute atomic E-state index is 13.0. The van der Waals surface area contributed by atoms with Crippen LogP contribution in [0.25, 0.3) is 6.08 Å². The number of benzene rings is 3. The Labute approximate surface area is 216 Å². The zero-order valence-corrected chi connectivity index (χ0v) is 21.3. The van der Waals surface area contributed by atoms with E-state index in [0.717, 1.165) is 18.5 Å². The fourth-order valence-corrected chi connectivity index (χ4v) is 4.29. The average molecular weight is 638 g/mol. The molecule has 6 nitrogen and oxygen atoms in total. The quantitative estimate of drug-likeness (QED) is 0.213. The van der Waals surface area contributed by atoms with Crippen molar-refractivity contribution in [2.75, 3.05) is 4.90 Å². The van der Waals surface area contributed by atoms with Crippen molar-refractivity contribution in [1.82, 2.24) is 5.32 Å². The fourth-order valence-electron chi connectivity index (χ4n) is 3.14. The van der Waals surface area contributed by atoms with Gasteiger partial charge in [-0.25, -0.2) is 9.69 Å². The second-order valence-corrected chi connectivity index (χ2v) is 9.49. The summed E-state index contributed by atoms with van der Waals surface area (Å²) >= 11 is 11.6. The molecule has 0 radical (unpaired) electrons.